The minimum absolute atomic E-state index is 0.00940. The molecule has 0 aliphatic carbocycles. The van der Waals surface area contributed by atoms with Gasteiger partial charge in [0, 0.05) is 30.2 Å². The summed E-state index contributed by atoms with van der Waals surface area (Å²) in [5, 5.41) is -0.00940. The van der Waals surface area contributed by atoms with Gasteiger partial charge < -0.3 is 0 Å². The van der Waals surface area contributed by atoms with E-state index in [0.717, 1.165) is 6.07 Å². The van der Waals surface area contributed by atoms with Crippen LogP contribution in [0.1, 0.15) is 21.6 Å². The summed E-state index contributed by atoms with van der Waals surface area (Å²) in [4.78, 5) is 29.1. The number of halogens is 3. The molecular formula is C19H13F3N6O. The molecule has 1 aromatic carbocycles. The van der Waals surface area contributed by atoms with Crippen LogP contribution in [0.25, 0.3) is 22.6 Å². The Balaban J connectivity index is 1.64. The van der Waals surface area contributed by atoms with Crippen molar-refractivity contribution in [1.29, 1.82) is 0 Å². The molecule has 0 spiro atoms. The second kappa shape index (κ2) is 6.97. The quantitative estimate of drug-likeness (QED) is 0.570. The average molecular weight is 398 g/mol. The van der Waals surface area contributed by atoms with Gasteiger partial charge in [-0.1, -0.05) is 6.07 Å². The maximum absolute atomic E-state index is 13.2. The Morgan fingerprint density at radius 3 is 2.48 bits per heavy atom. The number of rotatable bonds is 3. The first-order valence-corrected chi connectivity index (χ1v) is 8.44. The van der Waals surface area contributed by atoms with Crippen LogP contribution in [0.4, 0.5) is 13.2 Å². The Morgan fingerprint density at radius 1 is 1.03 bits per heavy atom. The van der Waals surface area contributed by atoms with Crippen molar-refractivity contribution in [3.63, 3.8) is 0 Å². The summed E-state index contributed by atoms with van der Waals surface area (Å²) in [5.41, 5.74) is 2.57. The van der Waals surface area contributed by atoms with Crippen molar-refractivity contribution >= 4 is 16.8 Å². The molecule has 0 aliphatic heterocycles. The van der Waals surface area contributed by atoms with Crippen LogP contribution in [-0.2, 0) is 6.18 Å². The first-order chi connectivity index (χ1) is 13.8. The number of alkyl halides is 3. The van der Waals surface area contributed by atoms with Crippen molar-refractivity contribution in [1.82, 2.24) is 24.6 Å². The Morgan fingerprint density at radius 2 is 1.79 bits per heavy atom. The molecule has 1 amide bonds. The van der Waals surface area contributed by atoms with Crippen LogP contribution in [0.3, 0.4) is 0 Å². The SMILES string of the molecule is Cc1nc(-c2ncccn2)ncc1C(=O)Nn1ccc2c(C(F)(F)F)cccc21. The topological polar surface area (TPSA) is 85.6 Å². The summed E-state index contributed by atoms with van der Waals surface area (Å²) < 4.78 is 40.7. The van der Waals surface area contributed by atoms with Crippen LogP contribution in [-0.4, -0.2) is 30.5 Å². The number of hydrogen-bond donors (Lipinski definition) is 1. The van der Waals surface area contributed by atoms with Gasteiger partial charge in [-0.15, -0.1) is 0 Å². The second-order valence-corrected chi connectivity index (χ2v) is 6.13. The minimum Gasteiger partial charge on any atom is -0.267 e. The van der Waals surface area contributed by atoms with Crippen molar-refractivity contribution in [2.24, 2.45) is 0 Å². The van der Waals surface area contributed by atoms with Crippen LogP contribution >= 0.6 is 0 Å². The van der Waals surface area contributed by atoms with E-state index in [4.69, 9.17) is 0 Å². The highest BCUT2D eigenvalue weighted by Crippen LogP contribution is 2.34. The summed E-state index contributed by atoms with van der Waals surface area (Å²) >= 11 is 0. The highest BCUT2D eigenvalue weighted by atomic mass is 19.4. The van der Waals surface area contributed by atoms with Gasteiger partial charge in [0.1, 0.15) is 0 Å². The smallest absolute Gasteiger partial charge is 0.267 e. The molecule has 10 heteroatoms. The van der Waals surface area contributed by atoms with Crippen LogP contribution in [0.5, 0.6) is 0 Å². The molecule has 0 radical (unpaired) electrons. The molecule has 29 heavy (non-hydrogen) atoms. The molecule has 0 atom stereocenters. The number of nitrogens with one attached hydrogen (secondary N) is 1. The molecule has 7 nitrogen and oxygen atoms in total. The number of carbonyl (C=O) groups is 1. The molecule has 0 saturated heterocycles. The molecule has 146 valence electrons. The summed E-state index contributed by atoms with van der Waals surface area (Å²) in [6.07, 6.45) is 1.30. The molecular weight excluding hydrogens is 385 g/mol. The van der Waals surface area contributed by atoms with E-state index in [9.17, 15) is 18.0 Å². The Kier molecular flexibility index (Phi) is 4.45. The van der Waals surface area contributed by atoms with Crippen molar-refractivity contribution < 1.29 is 18.0 Å². The van der Waals surface area contributed by atoms with E-state index in [1.54, 1.807) is 25.4 Å². The Bertz CT molecular complexity index is 1200. The van der Waals surface area contributed by atoms with Gasteiger partial charge in [0.05, 0.1) is 22.3 Å². The first-order valence-electron chi connectivity index (χ1n) is 8.44. The van der Waals surface area contributed by atoms with Gasteiger partial charge in [0.2, 0.25) is 0 Å². The molecule has 0 saturated carbocycles. The molecule has 3 heterocycles. The number of amides is 1. The zero-order valence-corrected chi connectivity index (χ0v) is 15.0. The van der Waals surface area contributed by atoms with E-state index >= 15 is 0 Å². The number of fused-ring (bicyclic) bond motifs is 1. The van der Waals surface area contributed by atoms with Gasteiger partial charge in [-0.2, -0.15) is 13.2 Å². The fourth-order valence-electron chi connectivity index (χ4n) is 2.89. The van der Waals surface area contributed by atoms with E-state index in [1.807, 2.05) is 0 Å². The number of aryl methyl sites for hydroxylation is 1. The summed E-state index contributed by atoms with van der Waals surface area (Å²) in [6, 6.07) is 6.74. The molecule has 0 fully saturated rings. The average Bonchev–Trinajstić information content (AvgIpc) is 3.10. The van der Waals surface area contributed by atoms with Crippen molar-refractivity contribution in [3.8, 4) is 11.6 Å². The predicted molar refractivity (Wildman–Crippen MR) is 98.4 cm³/mol. The monoisotopic (exact) mass is 398 g/mol. The van der Waals surface area contributed by atoms with Crippen LogP contribution < -0.4 is 5.43 Å². The van der Waals surface area contributed by atoms with E-state index in [2.05, 4.69) is 25.4 Å². The number of benzene rings is 1. The number of hydrogen-bond acceptors (Lipinski definition) is 5. The normalized spacial score (nSPS) is 11.6. The van der Waals surface area contributed by atoms with Crippen molar-refractivity contribution in [3.05, 3.63) is 71.9 Å². The zero-order valence-electron chi connectivity index (χ0n) is 15.0. The summed E-state index contributed by atoms with van der Waals surface area (Å²) in [7, 11) is 0. The van der Waals surface area contributed by atoms with E-state index < -0.39 is 17.6 Å². The molecule has 4 aromatic rings. The van der Waals surface area contributed by atoms with E-state index in [0.29, 0.717) is 11.5 Å². The zero-order chi connectivity index (χ0) is 20.6. The maximum atomic E-state index is 13.2. The molecule has 0 bridgehead atoms. The fraction of sp³-hybridized carbons (Fsp3) is 0.105. The van der Waals surface area contributed by atoms with E-state index in [1.165, 1.54) is 35.3 Å². The Hall–Kier alpha value is -3.82. The third kappa shape index (κ3) is 3.51. The number of nitrogens with zero attached hydrogens (tertiary/aromatic N) is 5. The highest BCUT2D eigenvalue weighted by molar-refractivity contribution is 6.01. The van der Waals surface area contributed by atoms with Gasteiger partial charge in [-0.3, -0.25) is 14.9 Å². The van der Waals surface area contributed by atoms with Crippen molar-refractivity contribution in [2.45, 2.75) is 13.1 Å². The predicted octanol–water partition coefficient (Wildman–Crippen LogP) is 3.60. The molecule has 4 rings (SSSR count). The standard InChI is InChI=1S/C19H13F3N6O/c1-11-13(10-25-17(26-11)16-23-7-3-8-24-16)18(29)27-28-9-6-12-14(19(20,21)22)4-2-5-15(12)28/h2-10H,1H3,(H,27,29). The highest BCUT2D eigenvalue weighted by Gasteiger charge is 2.32. The maximum Gasteiger partial charge on any atom is 0.417 e. The van der Waals surface area contributed by atoms with Crippen LogP contribution in [0.15, 0.2) is 55.1 Å². The second-order valence-electron chi connectivity index (χ2n) is 6.13. The molecule has 3 aromatic heterocycles. The van der Waals surface area contributed by atoms with Gasteiger partial charge in [-0.05, 0) is 31.2 Å². The van der Waals surface area contributed by atoms with E-state index in [-0.39, 0.29) is 22.3 Å². The number of carbonyl (C=O) groups excluding carboxylic acids is 1. The lowest BCUT2D eigenvalue weighted by atomic mass is 10.1. The molecule has 1 N–H and O–H groups in total. The van der Waals surface area contributed by atoms with Crippen LogP contribution in [0.2, 0.25) is 0 Å². The lowest BCUT2D eigenvalue weighted by Crippen LogP contribution is -2.23. The van der Waals surface area contributed by atoms with Crippen LogP contribution in [0, 0.1) is 6.92 Å². The lowest BCUT2D eigenvalue weighted by Gasteiger charge is -2.11. The van der Waals surface area contributed by atoms with Gasteiger partial charge in [-0.25, -0.2) is 19.9 Å². The minimum atomic E-state index is -4.49. The van der Waals surface area contributed by atoms with Crippen molar-refractivity contribution in [2.75, 3.05) is 5.43 Å². The summed E-state index contributed by atoms with van der Waals surface area (Å²) in [5.74, 6) is 0.0254. The van der Waals surface area contributed by atoms with Gasteiger partial charge in [0.25, 0.3) is 5.91 Å². The summed E-state index contributed by atoms with van der Waals surface area (Å²) in [6.45, 7) is 1.62. The first kappa shape index (κ1) is 18.5. The third-order valence-electron chi connectivity index (χ3n) is 4.25. The molecule has 0 aliphatic rings. The largest absolute Gasteiger partial charge is 0.417 e. The lowest BCUT2D eigenvalue weighted by molar-refractivity contribution is -0.136. The number of aromatic nitrogens is 5. The molecule has 0 unspecified atom stereocenters. The third-order valence-corrected chi connectivity index (χ3v) is 4.25. The Labute approximate surface area is 162 Å². The van der Waals surface area contributed by atoms with Gasteiger partial charge in [0.15, 0.2) is 11.6 Å². The fourth-order valence-corrected chi connectivity index (χ4v) is 2.89. The van der Waals surface area contributed by atoms with Gasteiger partial charge >= 0.3 is 6.18 Å².